The minimum atomic E-state index is -1.59. The smallest absolute Gasteiger partial charge is 0.152 e. The van der Waals surface area contributed by atoms with Crippen LogP contribution in [-0.4, -0.2) is 49.7 Å². The zero-order valence-electron chi connectivity index (χ0n) is 20.6. The van der Waals surface area contributed by atoms with Gasteiger partial charge in [0.1, 0.15) is 6.23 Å². The van der Waals surface area contributed by atoms with Gasteiger partial charge in [0.25, 0.3) is 0 Å². The van der Waals surface area contributed by atoms with Gasteiger partial charge < -0.3 is 25.0 Å². The van der Waals surface area contributed by atoms with Crippen molar-refractivity contribution in [2.24, 2.45) is 5.41 Å². The van der Waals surface area contributed by atoms with Crippen LogP contribution in [0.25, 0.3) is 16.8 Å². The maximum atomic E-state index is 11.0. The lowest BCUT2D eigenvalue weighted by Crippen LogP contribution is -2.53. The van der Waals surface area contributed by atoms with Crippen LogP contribution in [-0.2, 0) is 0 Å². The fourth-order valence-electron chi connectivity index (χ4n) is 4.44. The van der Waals surface area contributed by atoms with Crippen molar-refractivity contribution < 1.29 is 20.4 Å². The standard InChI is InChI=1S/C28H35N3O4/c1-18(32)26(28(2,3)4)30-27(35)24(15-25(33)34)22-13-14-31(17-22)23-11-9-21(10-12-23)20-7-5-19(16-29)6-8-20/h5-14,17-18,24-27,30,32-35H,15H2,1-4H3/t18?,24-,26+,27?/m0/s1. The predicted molar refractivity (Wildman–Crippen MR) is 136 cm³/mol. The number of nitriles is 1. The van der Waals surface area contributed by atoms with Crippen molar-refractivity contribution in [2.75, 3.05) is 0 Å². The van der Waals surface area contributed by atoms with E-state index in [1.165, 1.54) is 0 Å². The van der Waals surface area contributed by atoms with E-state index in [1.54, 1.807) is 19.1 Å². The Labute approximate surface area is 206 Å². The van der Waals surface area contributed by atoms with Crippen LogP contribution in [0.1, 0.15) is 51.2 Å². The second-order valence-electron chi connectivity index (χ2n) is 10.1. The second kappa shape index (κ2) is 11.2. The first-order chi connectivity index (χ1) is 16.5. The Kier molecular flexibility index (Phi) is 8.49. The van der Waals surface area contributed by atoms with Gasteiger partial charge in [-0.05, 0) is 59.4 Å². The van der Waals surface area contributed by atoms with Crippen LogP contribution in [0.15, 0.2) is 67.0 Å². The summed E-state index contributed by atoms with van der Waals surface area (Å²) in [5, 5.41) is 52.6. The molecule has 0 saturated heterocycles. The van der Waals surface area contributed by atoms with Gasteiger partial charge in [-0.1, -0.05) is 45.0 Å². The number of rotatable bonds is 9. The lowest BCUT2D eigenvalue weighted by atomic mass is 9.83. The number of hydrogen-bond acceptors (Lipinski definition) is 6. The van der Waals surface area contributed by atoms with Gasteiger partial charge >= 0.3 is 0 Å². The fraction of sp³-hybridized carbons (Fsp3) is 0.393. The van der Waals surface area contributed by atoms with Crippen LogP contribution in [0.5, 0.6) is 0 Å². The van der Waals surface area contributed by atoms with Gasteiger partial charge in [0.15, 0.2) is 6.29 Å². The van der Waals surface area contributed by atoms with Gasteiger partial charge in [-0.25, -0.2) is 0 Å². The van der Waals surface area contributed by atoms with Crippen LogP contribution in [0, 0.1) is 16.7 Å². The zero-order chi connectivity index (χ0) is 25.8. The molecule has 0 spiro atoms. The summed E-state index contributed by atoms with van der Waals surface area (Å²) in [7, 11) is 0. The number of aliphatic hydroxyl groups excluding tert-OH is 3. The van der Waals surface area contributed by atoms with Crippen molar-refractivity contribution in [2.45, 2.75) is 64.7 Å². The first-order valence-corrected chi connectivity index (χ1v) is 11.8. The molecule has 2 aromatic carbocycles. The third kappa shape index (κ3) is 6.79. The fourth-order valence-corrected chi connectivity index (χ4v) is 4.44. The number of aromatic nitrogens is 1. The summed E-state index contributed by atoms with van der Waals surface area (Å²) < 4.78 is 1.91. The zero-order valence-corrected chi connectivity index (χ0v) is 20.6. The van der Waals surface area contributed by atoms with Crippen LogP contribution in [0.3, 0.4) is 0 Å². The van der Waals surface area contributed by atoms with E-state index in [4.69, 9.17) is 5.26 Å². The minimum Gasteiger partial charge on any atom is -0.392 e. The van der Waals surface area contributed by atoms with E-state index in [2.05, 4.69) is 11.4 Å². The molecule has 3 rings (SSSR count). The summed E-state index contributed by atoms with van der Waals surface area (Å²) in [5.74, 6) is -0.599. The molecule has 186 valence electrons. The summed E-state index contributed by atoms with van der Waals surface area (Å²) >= 11 is 0. The number of nitrogens with one attached hydrogen (secondary N) is 1. The van der Waals surface area contributed by atoms with E-state index >= 15 is 0 Å². The van der Waals surface area contributed by atoms with E-state index in [-0.39, 0.29) is 11.8 Å². The van der Waals surface area contributed by atoms with Gasteiger partial charge in [-0.3, -0.25) is 5.32 Å². The number of aliphatic hydroxyl groups is 4. The van der Waals surface area contributed by atoms with Gasteiger partial charge in [0, 0.05) is 36.5 Å². The molecule has 0 amide bonds. The van der Waals surface area contributed by atoms with Crippen molar-refractivity contribution in [3.63, 3.8) is 0 Å². The SMILES string of the molecule is CC(O)[C@@H](NC(O)[C@@H](CC(O)O)c1ccn(-c2ccc(-c3ccc(C#N)cc3)cc2)c1)C(C)(C)C. The maximum Gasteiger partial charge on any atom is 0.152 e. The average molecular weight is 478 g/mol. The summed E-state index contributed by atoms with van der Waals surface area (Å²) in [5.41, 5.74) is 4.00. The molecule has 0 radical (unpaired) electrons. The molecule has 4 atom stereocenters. The monoisotopic (exact) mass is 477 g/mol. The number of nitrogens with zero attached hydrogens (tertiary/aromatic N) is 2. The molecular formula is C28H35N3O4. The van der Waals surface area contributed by atoms with Crippen molar-refractivity contribution in [1.82, 2.24) is 9.88 Å². The van der Waals surface area contributed by atoms with E-state index in [1.807, 2.05) is 80.2 Å². The van der Waals surface area contributed by atoms with E-state index < -0.39 is 30.6 Å². The summed E-state index contributed by atoms with van der Waals surface area (Å²) in [6.45, 7) is 7.58. The Morgan fingerprint density at radius 1 is 0.914 bits per heavy atom. The third-order valence-electron chi connectivity index (χ3n) is 6.27. The quantitative estimate of drug-likeness (QED) is 0.301. The molecule has 7 nitrogen and oxygen atoms in total. The van der Waals surface area contributed by atoms with E-state index in [0.717, 1.165) is 22.4 Å². The third-order valence-corrected chi connectivity index (χ3v) is 6.27. The summed E-state index contributed by atoms with van der Waals surface area (Å²) in [4.78, 5) is 0. The van der Waals surface area contributed by atoms with Crippen molar-refractivity contribution >= 4 is 0 Å². The van der Waals surface area contributed by atoms with Gasteiger partial charge in [0.05, 0.1) is 17.7 Å². The minimum absolute atomic E-state index is 0.0630. The van der Waals surface area contributed by atoms with Gasteiger partial charge in [-0.15, -0.1) is 0 Å². The second-order valence-corrected chi connectivity index (χ2v) is 10.1. The molecule has 7 heteroatoms. The Morgan fingerprint density at radius 2 is 1.49 bits per heavy atom. The first-order valence-electron chi connectivity index (χ1n) is 11.8. The molecule has 5 N–H and O–H groups in total. The van der Waals surface area contributed by atoms with Crippen molar-refractivity contribution in [1.29, 1.82) is 5.26 Å². The Hall–Kier alpha value is -2.99. The van der Waals surface area contributed by atoms with Crippen LogP contribution < -0.4 is 5.32 Å². The Bertz CT molecular complexity index is 1120. The summed E-state index contributed by atoms with van der Waals surface area (Å²) in [6.07, 6.45) is 0.279. The van der Waals surface area contributed by atoms with Crippen LogP contribution in [0.4, 0.5) is 0 Å². The highest BCUT2D eigenvalue weighted by atomic mass is 16.5. The van der Waals surface area contributed by atoms with E-state index in [0.29, 0.717) is 5.56 Å². The highest BCUT2D eigenvalue weighted by molar-refractivity contribution is 5.65. The topological polar surface area (TPSA) is 122 Å². The van der Waals surface area contributed by atoms with Gasteiger partial charge in [0.2, 0.25) is 0 Å². The molecule has 2 unspecified atom stereocenters. The molecule has 0 aliphatic carbocycles. The first kappa shape index (κ1) is 26.6. The summed E-state index contributed by atoms with van der Waals surface area (Å²) in [6, 6.07) is 18.9. The molecule has 0 aliphatic heterocycles. The van der Waals surface area contributed by atoms with Crippen LogP contribution >= 0.6 is 0 Å². The van der Waals surface area contributed by atoms with E-state index in [9.17, 15) is 20.4 Å². The molecule has 0 saturated carbocycles. The van der Waals surface area contributed by atoms with Crippen LogP contribution in [0.2, 0.25) is 0 Å². The lowest BCUT2D eigenvalue weighted by Gasteiger charge is -2.37. The molecule has 0 aliphatic rings. The Morgan fingerprint density at radius 3 is 1.97 bits per heavy atom. The van der Waals surface area contributed by atoms with Gasteiger partial charge in [-0.2, -0.15) is 5.26 Å². The maximum absolute atomic E-state index is 11.0. The highest BCUT2D eigenvalue weighted by Crippen LogP contribution is 2.29. The average Bonchev–Trinajstić information content (AvgIpc) is 3.30. The number of hydrogen-bond donors (Lipinski definition) is 5. The molecule has 1 aromatic heterocycles. The lowest BCUT2D eigenvalue weighted by molar-refractivity contribution is -0.0657. The largest absolute Gasteiger partial charge is 0.392 e. The molecule has 0 fully saturated rings. The molecule has 1 heterocycles. The Balaban J connectivity index is 1.81. The highest BCUT2D eigenvalue weighted by Gasteiger charge is 2.33. The molecule has 0 bridgehead atoms. The number of benzene rings is 2. The normalized spacial score (nSPS) is 15.4. The van der Waals surface area contributed by atoms with Crippen molar-refractivity contribution in [3.8, 4) is 22.9 Å². The van der Waals surface area contributed by atoms with Crippen molar-refractivity contribution in [3.05, 3.63) is 78.1 Å². The molecular weight excluding hydrogens is 442 g/mol. The molecule has 35 heavy (non-hydrogen) atoms. The predicted octanol–water partition coefficient (Wildman–Crippen LogP) is 3.50. The molecule has 3 aromatic rings.